The van der Waals surface area contributed by atoms with Gasteiger partial charge in [0.2, 0.25) is 0 Å². The van der Waals surface area contributed by atoms with E-state index < -0.39 is 0 Å². The number of phenolic OH excluding ortho intramolecular Hbond substituents is 1. The first-order valence-electron chi connectivity index (χ1n) is 7.40. The van der Waals surface area contributed by atoms with Gasteiger partial charge in [-0.25, -0.2) is 0 Å². The van der Waals surface area contributed by atoms with Crippen LogP contribution in [-0.4, -0.2) is 30.2 Å². The number of ether oxygens (including phenoxy) is 1. The van der Waals surface area contributed by atoms with Crippen LogP contribution in [0.3, 0.4) is 0 Å². The molecule has 1 unspecified atom stereocenters. The van der Waals surface area contributed by atoms with Crippen molar-refractivity contribution in [1.29, 1.82) is 0 Å². The summed E-state index contributed by atoms with van der Waals surface area (Å²) in [6, 6.07) is 16.4. The van der Waals surface area contributed by atoms with Crippen molar-refractivity contribution in [1.82, 2.24) is 4.90 Å². The number of nitrogens with zero attached hydrogens (tertiary/aromatic N) is 1. The molecular formula is C18H21NO2. The molecule has 3 nitrogen and oxygen atoms in total. The number of hydrogen-bond donors (Lipinski definition) is 1. The number of phenols is 1. The van der Waals surface area contributed by atoms with Gasteiger partial charge in [0.1, 0.15) is 0 Å². The first kappa shape index (κ1) is 14.0. The molecule has 3 rings (SSSR count). The molecule has 110 valence electrons. The van der Waals surface area contributed by atoms with Crippen LogP contribution in [0.2, 0.25) is 0 Å². The van der Waals surface area contributed by atoms with Gasteiger partial charge < -0.3 is 9.84 Å². The molecule has 0 radical (unpaired) electrons. The minimum Gasteiger partial charge on any atom is -0.504 e. The minimum atomic E-state index is 0.267. The Kier molecular flexibility index (Phi) is 4.11. The molecule has 3 heteroatoms. The van der Waals surface area contributed by atoms with Gasteiger partial charge in [-0.3, -0.25) is 4.90 Å². The topological polar surface area (TPSA) is 32.7 Å². The molecule has 0 bridgehead atoms. The number of aromatic hydroxyl groups is 1. The van der Waals surface area contributed by atoms with Crippen molar-refractivity contribution in [3.05, 3.63) is 59.7 Å². The van der Waals surface area contributed by atoms with E-state index in [1.54, 1.807) is 13.2 Å². The zero-order valence-corrected chi connectivity index (χ0v) is 12.3. The van der Waals surface area contributed by atoms with E-state index in [9.17, 15) is 5.11 Å². The number of benzene rings is 2. The van der Waals surface area contributed by atoms with Gasteiger partial charge in [0, 0.05) is 18.7 Å². The Morgan fingerprint density at radius 1 is 1.14 bits per heavy atom. The average molecular weight is 283 g/mol. The molecule has 0 aromatic heterocycles. The Bertz CT molecular complexity index is 597. The van der Waals surface area contributed by atoms with Crippen LogP contribution in [-0.2, 0) is 6.54 Å². The lowest BCUT2D eigenvalue weighted by Crippen LogP contribution is -2.19. The number of para-hydroxylation sites is 1. The van der Waals surface area contributed by atoms with Gasteiger partial charge in [-0.2, -0.15) is 0 Å². The van der Waals surface area contributed by atoms with Gasteiger partial charge in [0.05, 0.1) is 7.11 Å². The quantitative estimate of drug-likeness (QED) is 0.933. The van der Waals surface area contributed by atoms with E-state index in [1.807, 2.05) is 12.1 Å². The number of likely N-dealkylation sites (tertiary alicyclic amines) is 1. The lowest BCUT2D eigenvalue weighted by Gasteiger charge is -2.18. The van der Waals surface area contributed by atoms with Crippen LogP contribution in [0.1, 0.15) is 23.5 Å². The van der Waals surface area contributed by atoms with Crippen LogP contribution >= 0.6 is 0 Å². The monoisotopic (exact) mass is 283 g/mol. The van der Waals surface area contributed by atoms with E-state index in [0.717, 1.165) is 25.2 Å². The van der Waals surface area contributed by atoms with Crippen molar-refractivity contribution >= 4 is 0 Å². The number of hydrogen-bond acceptors (Lipinski definition) is 3. The average Bonchev–Trinajstić information content (AvgIpc) is 2.99. The summed E-state index contributed by atoms with van der Waals surface area (Å²) < 4.78 is 5.17. The standard InChI is InChI=1S/C18H21NO2/c1-21-17-9-5-8-16(18(17)20)13-19-11-10-15(12-19)14-6-3-2-4-7-14/h2-9,15,20H,10-13H2,1H3. The summed E-state index contributed by atoms with van der Waals surface area (Å²) >= 11 is 0. The number of rotatable bonds is 4. The second kappa shape index (κ2) is 6.19. The van der Waals surface area contributed by atoms with Gasteiger partial charge in [0.15, 0.2) is 11.5 Å². The van der Waals surface area contributed by atoms with Crippen LogP contribution in [0.25, 0.3) is 0 Å². The Morgan fingerprint density at radius 2 is 1.95 bits per heavy atom. The van der Waals surface area contributed by atoms with Crippen LogP contribution in [0.5, 0.6) is 11.5 Å². The predicted molar refractivity (Wildman–Crippen MR) is 83.7 cm³/mol. The Hall–Kier alpha value is -2.00. The maximum absolute atomic E-state index is 10.2. The van der Waals surface area contributed by atoms with Gasteiger partial charge >= 0.3 is 0 Å². The van der Waals surface area contributed by atoms with E-state index in [2.05, 4.69) is 35.2 Å². The molecule has 2 aromatic carbocycles. The Morgan fingerprint density at radius 3 is 2.71 bits per heavy atom. The summed E-state index contributed by atoms with van der Waals surface area (Å²) in [6.07, 6.45) is 1.18. The fourth-order valence-corrected chi connectivity index (χ4v) is 3.07. The fraction of sp³-hybridized carbons (Fsp3) is 0.333. The molecule has 1 atom stereocenters. The molecule has 1 aliphatic rings. The van der Waals surface area contributed by atoms with Crippen molar-refractivity contribution in [3.8, 4) is 11.5 Å². The molecule has 1 N–H and O–H groups in total. The second-order valence-corrected chi connectivity index (χ2v) is 5.60. The summed E-state index contributed by atoms with van der Waals surface area (Å²) in [5.74, 6) is 1.41. The van der Waals surface area contributed by atoms with Crippen LogP contribution in [0.15, 0.2) is 48.5 Å². The normalized spacial score (nSPS) is 18.8. The highest BCUT2D eigenvalue weighted by molar-refractivity contribution is 5.45. The molecule has 1 heterocycles. The third-order valence-electron chi connectivity index (χ3n) is 4.24. The Balaban J connectivity index is 1.68. The molecule has 0 spiro atoms. The summed E-state index contributed by atoms with van der Waals surface area (Å²) in [6.45, 7) is 2.88. The van der Waals surface area contributed by atoms with Crippen molar-refractivity contribution < 1.29 is 9.84 Å². The second-order valence-electron chi connectivity index (χ2n) is 5.60. The molecule has 1 aliphatic heterocycles. The van der Waals surface area contributed by atoms with E-state index in [4.69, 9.17) is 4.74 Å². The van der Waals surface area contributed by atoms with E-state index in [0.29, 0.717) is 11.7 Å². The van der Waals surface area contributed by atoms with Crippen LogP contribution in [0, 0.1) is 0 Å². The van der Waals surface area contributed by atoms with Gasteiger partial charge in [-0.1, -0.05) is 42.5 Å². The van der Waals surface area contributed by atoms with E-state index >= 15 is 0 Å². The van der Waals surface area contributed by atoms with Crippen molar-refractivity contribution in [3.63, 3.8) is 0 Å². The summed E-state index contributed by atoms with van der Waals surface area (Å²) in [7, 11) is 1.58. The SMILES string of the molecule is COc1cccc(CN2CCC(c3ccccc3)C2)c1O. The lowest BCUT2D eigenvalue weighted by molar-refractivity contribution is 0.314. The molecule has 2 aromatic rings. The summed E-state index contributed by atoms with van der Waals surface area (Å²) in [5.41, 5.74) is 2.35. The third-order valence-corrected chi connectivity index (χ3v) is 4.24. The molecular weight excluding hydrogens is 262 g/mol. The summed E-state index contributed by atoms with van der Waals surface area (Å²) in [5, 5.41) is 10.2. The molecule has 0 aliphatic carbocycles. The van der Waals surface area contributed by atoms with Gasteiger partial charge in [-0.05, 0) is 30.5 Å². The molecule has 0 saturated carbocycles. The van der Waals surface area contributed by atoms with Crippen LogP contribution in [0.4, 0.5) is 0 Å². The lowest BCUT2D eigenvalue weighted by atomic mass is 9.99. The van der Waals surface area contributed by atoms with Gasteiger partial charge in [-0.15, -0.1) is 0 Å². The fourth-order valence-electron chi connectivity index (χ4n) is 3.07. The largest absolute Gasteiger partial charge is 0.504 e. The first-order valence-corrected chi connectivity index (χ1v) is 7.40. The zero-order valence-electron chi connectivity index (χ0n) is 12.3. The maximum atomic E-state index is 10.2. The maximum Gasteiger partial charge on any atom is 0.162 e. The molecule has 21 heavy (non-hydrogen) atoms. The molecule has 0 amide bonds. The van der Waals surface area contributed by atoms with Gasteiger partial charge in [0.25, 0.3) is 0 Å². The molecule has 1 saturated heterocycles. The zero-order chi connectivity index (χ0) is 14.7. The van der Waals surface area contributed by atoms with Crippen LogP contribution < -0.4 is 4.74 Å². The minimum absolute atomic E-state index is 0.267. The summed E-state index contributed by atoms with van der Waals surface area (Å²) in [4.78, 5) is 2.40. The highest BCUT2D eigenvalue weighted by Crippen LogP contribution is 2.33. The first-order chi connectivity index (χ1) is 10.3. The van der Waals surface area contributed by atoms with E-state index in [1.165, 1.54) is 12.0 Å². The molecule has 1 fully saturated rings. The van der Waals surface area contributed by atoms with Crippen molar-refractivity contribution in [2.75, 3.05) is 20.2 Å². The highest BCUT2D eigenvalue weighted by atomic mass is 16.5. The third kappa shape index (κ3) is 3.03. The number of methoxy groups -OCH3 is 1. The smallest absolute Gasteiger partial charge is 0.162 e. The highest BCUT2D eigenvalue weighted by Gasteiger charge is 2.24. The van der Waals surface area contributed by atoms with Crippen molar-refractivity contribution in [2.24, 2.45) is 0 Å². The van der Waals surface area contributed by atoms with E-state index in [-0.39, 0.29) is 5.75 Å². The predicted octanol–water partition coefficient (Wildman–Crippen LogP) is 3.39. The Labute approximate surface area is 125 Å². The van der Waals surface area contributed by atoms with Crippen molar-refractivity contribution in [2.45, 2.75) is 18.9 Å².